The Kier molecular flexibility index (Phi) is 6.07. The molecular weight excluding hydrogens is 480 g/mol. The van der Waals surface area contributed by atoms with E-state index in [0.29, 0.717) is 39.9 Å². The molecular formula is C27H22N2O6S. The number of benzene rings is 3. The molecule has 5 rings (SSSR count). The minimum Gasteiger partial charge on any atom is -0.508 e. The summed E-state index contributed by atoms with van der Waals surface area (Å²) in [5.74, 6) is -0.752. The summed E-state index contributed by atoms with van der Waals surface area (Å²) in [6.07, 6.45) is 0. The summed E-state index contributed by atoms with van der Waals surface area (Å²) < 4.78 is 11.6. The van der Waals surface area contributed by atoms with Crippen molar-refractivity contribution in [3.63, 3.8) is 0 Å². The SMILES string of the molecule is CCOc1cccc(C(O)=C2C(=O)C(=O)N(c3nc4ccc(OC)cc4s3)C2c2ccc(O)cc2)c1. The summed E-state index contributed by atoms with van der Waals surface area (Å²) in [7, 11) is 1.56. The first-order chi connectivity index (χ1) is 17.4. The Morgan fingerprint density at radius 2 is 1.83 bits per heavy atom. The van der Waals surface area contributed by atoms with E-state index in [1.807, 2.05) is 13.0 Å². The summed E-state index contributed by atoms with van der Waals surface area (Å²) in [5.41, 5.74) is 1.45. The predicted octanol–water partition coefficient (Wildman–Crippen LogP) is 5.04. The average Bonchev–Trinajstić information content (AvgIpc) is 3.42. The lowest BCUT2D eigenvalue weighted by Crippen LogP contribution is -2.29. The number of aliphatic hydroxyl groups excluding tert-OH is 1. The van der Waals surface area contributed by atoms with Crippen LogP contribution < -0.4 is 14.4 Å². The number of phenols is 1. The molecule has 0 saturated carbocycles. The molecule has 0 spiro atoms. The topological polar surface area (TPSA) is 109 Å². The quantitative estimate of drug-likeness (QED) is 0.216. The third-order valence-electron chi connectivity index (χ3n) is 5.86. The molecule has 1 amide bonds. The second kappa shape index (κ2) is 9.35. The van der Waals surface area contributed by atoms with Crippen LogP contribution in [0.3, 0.4) is 0 Å². The zero-order chi connectivity index (χ0) is 25.4. The standard InChI is InChI=1S/C27H22N2O6S/c1-3-35-19-6-4-5-16(13-19)24(31)22-23(15-7-9-17(30)10-8-15)29(26(33)25(22)32)27-28-20-12-11-18(34-2)14-21(20)36-27/h4-14,23,30-31H,3H2,1-2H3. The molecule has 1 unspecified atom stereocenters. The van der Waals surface area contributed by atoms with Gasteiger partial charge in [0, 0.05) is 5.56 Å². The number of amides is 1. The fraction of sp³-hybridized carbons (Fsp3) is 0.148. The molecule has 4 aromatic rings. The number of rotatable bonds is 6. The van der Waals surface area contributed by atoms with E-state index in [9.17, 15) is 19.8 Å². The maximum atomic E-state index is 13.4. The van der Waals surface area contributed by atoms with Crippen LogP contribution in [0.4, 0.5) is 5.13 Å². The molecule has 2 heterocycles. The number of phenolic OH excluding ortho intramolecular Hbond substituents is 1. The summed E-state index contributed by atoms with van der Waals surface area (Å²) in [6, 6.07) is 17.3. The molecule has 3 aromatic carbocycles. The van der Waals surface area contributed by atoms with E-state index in [0.717, 1.165) is 4.70 Å². The highest BCUT2D eigenvalue weighted by Crippen LogP contribution is 2.45. The minimum absolute atomic E-state index is 0.0344. The number of anilines is 1. The fourth-order valence-electron chi connectivity index (χ4n) is 4.18. The van der Waals surface area contributed by atoms with E-state index < -0.39 is 17.7 Å². The number of ether oxygens (including phenoxy) is 2. The number of hydrogen-bond donors (Lipinski definition) is 2. The number of nitrogens with zero attached hydrogens (tertiary/aromatic N) is 2. The van der Waals surface area contributed by atoms with E-state index in [2.05, 4.69) is 4.98 Å². The fourth-order valence-corrected chi connectivity index (χ4v) is 5.20. The third kappa shape index (κ3) is 4.03. The first kappa shape index (κ1) is 23.4. The number of aliphatic hydroxyl groups is 1. The number of aromatic nitrogens is 1. The molecule has 8 nitrogen and oxygen atoms in total. The highest BCUT2D eigenvalue weighted by Gasteiger charge is 2.48. The second-order valence-corrected chi connectivity index (χ2v) is 9.06. The normalized spacial score (nSPS) is 17.1. The van der Waals surface area contributed by atoms with Crippen molar-refractivity contribution >= 4 is 44.1 Å². The number of fused-ring (bicyclic) bond motifs is 1. The summed E-state index contributed by atoms with van der Waals surface area (Å²) >= 11 is 1.24. The van der Waals surface area contributed by atoms with Crippen molar-refractivity contribution in [2.24, 2.45) is 0 Å². The predicted molar refractivity (Wildman–Crippen MR) is 137 cm³/mol. The van der Waals surface area contributed by atoms with Gasteiger partial charge in [-0.2, -0.15) is 0 Å². The second-order valence-electron chi connectivity index (χ2n) is 8.05. The Morgan fingerprint density at radius 3 is 2.56 bits per heavy atom. The van der Waals surface area contributed by atoms with Crippen LogP contribution in [0.1, 0.15) is 24.1 Å². The van der Waals surface area contributed by atoms with Crippen molar-refractivity contribution in [2.75, 3.05) is 18.6 Å². The van der Waals surface area contributed by atoms with Gasteiger partial charge < -0.3 is 19.7 Å². The van der Waals surface area contributed by atoms with Crippen LogP contribution in [0.5, 0.6) is 17.2 Å². The van der Waals surface area contributed by atoms with Crippen molar-refractivity contribution in [1.82, 2.24) is 4.98 Å². The molecule has 0 aliphatic carbocycles. The van der Waals surface area contributed by atoms with E-state index in [4.69, 9.17) is 9.47 Å². The first-order valence-electron chi connectivity index (χ1n) is 11.2. The smallest absolute Gasteiger partial charge is 0.301 e. The van der Waals surface area contributed by atoms with Gasteiger partial charge in [-0.25, -0.2) is 4.98 Å². The summed E-state index contributed by atoms with van der Waals surface area (Å²) in [6.45, 7) is 2.28. The van der Waals surface area contributed by atoms with Crippen LogP contribution in [0.25, 0.3) is 16.0 Å². The van der Waals surface area contributed by atoms with Crippen LogP contribution in [0.15, 0.2) is 72.3 Å². The number of aromatic hydroxyl groups is 1. The maximum absolute atomic E-state index is 13.4. The Balaban J connectivity index is 1.69. The summed E-state index contributed by atoms with van der Waals surface area (Å²) in [4.78, 5) is 32.6. The zero-order valence-electron chi connectivity index (χ0n) is 19.5. The number of thiazole rings is 1. The Bertz CT molecular complexity index is 1510. The molecule has 1 atom stereocenters. The van der Waals surface area contributed by atoms with Crippen molar-refractivity contribution < 1.29 is 29.3 Å². The molecule has 1 aliphatic rings. The average molecular weight is 503 g/mol. The third-order valence-corrected chi connectivity index (χ3v) is 6.88. The minimum atomic E-state index is -0.955. The van der Waals surface area contributed by atoms with E-state index in [1.165, 1.54) is 28.4 Å². The number of carbonyl (C=O) groups excluding carboxylic acids is 2. The highest BCUT2D eigenvalue weighted by molar-refractivity contribution is 7.22. The van der Waals surface area contributed by atoms with Crippen molar-refractivity contribution in [1.29, 1.82) is 0 Å². The zero-order valence-corrected chi connectivity index (χ0v) is 20.3. The Morgan fingerprint density at radius 1 is 1.06 bits per heavy atom. The van der Waals surface area contributed by atoms with Gasteiger partial charge >= 0.3 is 5.91 Å². The van der Waals surface area contributed by atoms with E-state index in [-0.39, 0.29) is 17.1 Å². The van der Waals surface area contributed by atoms with Crippen LogP contribution in [-0.2, 0) is 9.59 Å². The lowest BCUT2D eigenvalue weighted by molar-refractivity contribution is -0.132. The number of ketones is 1. The Hall–Kier alpha value is -4.37. The van der Waals surface area contributed by atoms with Gasteiger partial charge in [0.1, 0.15) is 23.0 Å². The van der Waals surface area contributed by atoms with Gasteiger partial charge in [-0.1, -0.05) is 35.6 Å². The van der Waals surface area contributed by atoms with Gasteiger partial charge in [0.25, 0.3) is 5.78 Å². The maximum Gasteiger partial charge on any atom is 0.301 e. The van der Waals surface area contributed by atoms with Gasteiger partial charge in [0.15, 0.2) is 5.13 Å². The van der Waals surface area contributed by atoms with Crippen molar-refractivity contribution in [2.45, 2.75) is 13.0 Å². The van der Waals surface area contributed by atoms with Gasteiger partial charge in [0.05, 0.1) is 35.5 Å². The summed E-state index contributed by atoms with van der Waals surface area (Å²) in [5, 5.41) is 21.4. The van der Waals surface area contributed by atoms with Crippen LogP contribution in [0, 0.1) is 0 Å². The van der Waals surface area contributed by atoms with Crippen LogP contribution in [-0.4, -0.2) is 40.6 Å². The number of methoxy groups -OCH3 is 1. The highest BCUT2D eigenvalue weighted by atomic mass is 32.1. The van der Waals surface area contributed by atoms with Crippen molar-refractivity contribution in [3.8, 4) is 17.2 Å². The largest absolute Gasteiger partial charge is 0.508 e. The molecule has 1 saturated heterocycles. The van der Waals surface area contributed by atoms with Crippen molar-refractivity contribution in [3.05, 3.63) is 83.4 Å². The molecule has 2 N–H and O–H groups in total. The van der Waals surface area contributed by atoms with E-state index in [1.54, 1.807) is 55.6 Å². The molecule has 1 fully saturated rings. The molecule has 1 aliphatic heterocycles. The molecule has 0 bridgehead atoms. The van der Waals surface area contributed by atoms with E-state index >= 15 is 0 Å². The Labute approximate surface area is 210 Å². The number of carbonyl (C=O) groups is 2. The number of Topliss-reactive ketones (excluding diaryl/α,β-unsaturated/α-hetero) is 1. The van der Waals surface area contributed by atoms with Crippen LogP contribution >= 0.6 is 11.3 Å². The van der Waals surface area contributed by atoms with Gasteiger partial charge in [0.2, 0.25) is 0 Å². The van der Waals surface area contributed by atoms with Gasteiger partial charge in [-0.3, -0.25) is 14.5 Å². The van der Waals surface area contributed by atoms with Crippen LogP contribution in [0.2, 0.25) is 0 Å². The molecule has 9 heteroatoms. The lowest BCUT2D eigenvalue weighted by atomic mass is 9.95. The first-order valence-corrected chi connectivity index (χ1v) is 12.0. The van der Waals surface area contributed by atoms with Gasteiger partial charge in [-0.15, -0.1) is 0 Å². The monoisotopic (exact) mass is 502 g/mol. The van der Waals surface area contributed by atoms with Gasteiger partial charge in [-0.05, 0) is 55.0 Å². The molecule has 0 radical (unpaired) electrons. The molecule has 182 valence electrons. The number of hydrogen-bond acceptors (Lipinski definition) is 8. The molecule has 1 aromatic heterocycles. The lowest BCUT2D eigenvalue weighted by Gasteiger charge is -2.23. The molecule has 36 heavy (non-hydrogen) atoms.